The minimum Gasteiger partial charge on any atom is -0.282 e. The molecule has 2 N–H and O–H groups in total. The van der Waals surface area contributed by atoms with E-state index in [9.17, 15) is 18.0 Å². The van der Waals surface area contributed by atoms with E-state index in [0.29, 0.717) is 5.69 Å². The highest BCUT2D eigenvalue weighted by atomic mass is 32.2. The first-order valence-corrected chi connectivity index (χ1v) is 7.33. The maximum Gasteiger partial charge on any atom is 0.347 e. The van der Waals surface area contributed by atoms with Crippen molar-refractivity contribution < 1.29 is 18.0 Å². The number of sulfonamides is 1. The lowest BCUT2D eigenvalue weighted by atomic mass is 10.1. The van der Waals surface area contributed by atoms with Crippen LogP contribution in [0.25, 0.3) is 0 Å². The van der Waals surface area contributed by atoms with Crippen molar-refractivity contribution in [2.24, 2.45) is 4.99 Å². The molecule has 0 aromatic heterocycles. The summed E-state index contributed by atoms with van der Waals surface area (Å²) in [6, 6.07) is 4.29. The Morgan fingerprint density at radius 1 is 1.25 bits per heavy atom. The molecular formula is C12H13N3O4S. The molecule has 1 aromatic rings. The van der Waals surface area contributed by atoms with E-state index in [4.69, 9.17) is 0 Å². The summed E-state index contributed by atoms with van der Waals surface area (Å²) in [6.45, 7) is 3.62. The van der Waals surface area contributed by atoms with E-state index in [1.807, 2.05) is 18.3 Å². The first-order chi connectivity index (χ1) is 9.31. The first kappa shape index (κ1) is 14.2. The molecule has 0 bridgehead atoms. The standard InChI is InChI=1S/C12H13N3O4S/c1-7-4-3-5-9(8(7)2)15-20(18,19)10-6-13-12(17)14-11(10)16/h3-6,10,15H,1-2H3,(H,14,16,17). The zero-order valence-corrected chi connectivity index (χ0v) is 11.7. The monoisotopic (exact) mass is 295 g/mol. The van der Waals surface area contributed by atoms with E-state index in [0.717, 1.165) is 17.3 Å². The van der Waals surface area contributed by atoms with Crippen LogP contribution < -0.4 is 10.0 Å². The minimum atomic E-state index is -4.01. The summed E-state index contributed by atoms with van der Waals surface area (Å²) < 4.78 is 26.7. The summed E-state index contributed by atoms with van der Waals surface area (Å²) in [7, 11) is -4.01. The Morgan fingerprint density at radius 3 is 2.60 bits per heavy atom. The summed E-state index contributed by atoms with van der Waals surface area (Å²) in [5.74, 6) is -0.914. The van der Waals surface area contributed by atoms with Gasteiger partial charge in [0.05, 0.1) is 5.69 Å². The number of hydrogen-bond donors (Lipinski definition) is 2. The Hall–Kier alpha value is -2.22. The molecule has 1 aromatic carbocycles. The molecule has 8 heteroatoms. The summed E-state index contributed by atoms with van der Waals surface area (Å²) in [5.41, 5.74) is 2.07. The number of hydrogen-bond acceptors (Lipinski definition) is 4. The van der Waals surface area contributed by atoms with Crippen molar-refractivity contribution in [1.82, 2.24) is 5.32 Å². The molecule has 0 fully saturated rings. The number of carbonyl (C=O) groups excluding carboxylic acids is 2. The second-order valence-corrected chi connectivity index (χ2v) is 6.19. The molecule has 1 aliphatic heterocycles. The van der Waals surface area contributed by atoms with Gasteiger partial charge in [0.2, 0.25) is 10.0 Å². The molecule has 0 aliphatic carbocycles. The van der Waals surface area contributed by atoms with Gasteiger partial charge in [-0.25, -0.2) is 18.2 Å². The molecule has 0 radical (unpaired) electrons. The van der Waals surface area contributed by atoms with Crippen molar-refractivity contribution >= 4 is 33.9 Å². The quantitative estimate of drug-likeness (QED) is 0.857. The van der Waals surface area contributed by atoms with Gasteiger partial charge in [-0.15, -0.1) is 0 Å². The number of benzene rings is 1. The van der Waals surface area contributed by atoms with Gasteiger partial charge in [0.25, 0.3) is 5.91 Å². The number of nitrogens with zero attached hydrogens (tertiary/aromatic N) is 1. The van der Waals surface area contributed by atoms with Crippen LogP contribution >= 0.6 is 0 Å². The maximum absolute atomic E-state index is 12.2. The Balaban J connectivity index is 2.32. The molecule has 0 spiro atoms. The zero-order valence-electron chi connectivity index (χ0n) is 10.9. The van der Waals surface area contributed by atoms with Crippen molar-refractivity contribution in [1.29, 1.82) is 0 Å². The second kappa shape index (κ2) is 5.04. The fraction of sp³-hybridized carbons (Fsp3) is 0.250. The van der Waals surface area contributed by atoms with Crippen LogP contribution in [0.15, 0.2) is 23.2 Å². The highest BCUT2D eigenvalue weighted by Crippen LogP contribution is 2.20. The summed E-state index contributed by atoms with van der Waals surface area (Å²) in [6.07, 6.45) is 0.828. The number of amides is 3. The summed E-state index contributed by atoms with van der Waals surface area (Å²) in [4.78, 5) is 25.7. The Morgan fingerprint density at radius 2 is 1.95 bits per heavy atom. The van der Waals surface area contributed by atoms with Gasteiger partial charge in [-0.2, -0.15) is 0 Å². The van der Waals surface area contributed by atoms with E-state index >= 15 is 0 Å². The molecule has 0 saturated carbocycles. The first-order valence-electron chi connectivity index (χ1n) is 5.78. The third kappa shape index (κ3) is 2.69. The molecule has 20 heavy (non-hydrogen) atoms. The number of anilines is 1. The predicted molar refractivity (Wildman–Crippen MR) is 74.3 cm³/mol. The van der Waals surface area contributed by atoms with Crippen LogP contribution in [0, 0.1) is 13.8 Å². The highest BCUT2D eigenvalue weighted by Gasteiger charge is 2.35. The Bertz CT molecular complexity index is 709. The number of aryl methyl sites for hydroxylation is 1. The van der Waals surface area contributed by atoms with E-state index in [1.165, 1.54) is 0 Å². The highest BCUT2D eigenvalue weighted by molar-refractivity contribution is 7.94. The predicted octanol–water partition coefficient (Wildman–Crippen LogP) is 0.734. The van der Waals surface area contributed by atoms with Crippen LogP contribution in [0.4, 0.5) is 10.5 Å². The number of aliphatic imine (C=N–C) groups is 1. The number of imide groups is 1. The van der Waals surface area contributed by atoms with Crippen LogP contribution in [-0.4, -0.2) is 31.8 Å². The fourth-order valence-corrected chi connectivity index (χ4v) is 2.93. The van der Waals surface area contributed by atoms with Crippen molar-refractivity contribution in [2.45, 2.75) is 19.1 Å². The van der Waals surface area contributed by atoms with Gasteiger partial charge >= 0.3 is 6.03 Å². The summed E-state index contributed by atoms with van der Waals surface area (Å²) in [5, 5.41) is 0.325. The van der Waals surface area contributed by atoms with E-state index in [2.05, 4.69) is 9.71 Å². The fourth-order valence-electron chi connectivity index (χ4n) is 1.71. The van der Waals surface area contributed by atoms with Crippen LogP contribution in [-0.2, 0) is 14.8 Å². The molecule has 7 nitrogen and oxygen atoms in total. The van der Waals surface area contributed by atoms with Crippen LogP contribution in [0.1, 0.15) is 11.1 Å². The van der Waals surface area contributed by atoms with Gasteiger partial charge in [0.15, 0.2) is 5.25 Å². The maximum atomic E-state index is 12.2. The molecular weight excluding hydrogens is 282 g/mol. The van der Waals surface area contributed by atoms with Gasteiger partial charge in [0.1, 0.15) is 0 Å². The van der Waals surface area contributed by atoms with Crippen molar-refractivity contribution in [3.63, 3.8) is 0 Å². The molecule has 106 valence electrons. The van der Waals surface area contributed by atoms with Gasteiger partial charge < -0.3 is 0 Å². The molecule has 1 unspecified atom stereocenters. The number of rotatable bonds is 3. The normalized spacial score (nSPS) is 18.8. The zero-order chi connectivity index (χ0) is 14.9. The second-order valence-electron chi connectivity index (χ2n) is 4.39. The van der Waals surface area contributed by atoms with E-state index in [1.54, 1.807) is 19.1 Å². The van der Waals surface area contributed by atoms with E-state index < -0.39 is 27.2 Å². The Kier molecular flexibility index (Phi) is 3.58. The lowest BCUT2D eigenvalue weighted by Gasteiger charge is -2.18. The molecule has 1 heterocycles. The summed E-state index contributed by atoms with van der Waals surface area (Å²) >= 11 is 0. The van der Waals surface area contributed by atoms with Gasteiger partial charge in [-0.1, -0.05) is 12.1 Å². The van der Waals surface area contributed by atoms with Gasteiger partial charge in [-0.3, -0.25) is 14.8 Å². The molecule has 3 amide bonds. The van der Waals surface area contributed by atoms with Crippen LogP contribution in [0.5, 0.6) is 0 Å². The van der Waals surface area contributed by atoms with Gasteiger partial charge in [-0.05, 0) is 31.0 Å². The van der Waals surface area contributed by atoms with Crippen molar-refractivity contribution in [3.05, 3.63) is 29.3 Å². The third-order valence-electron chi connectivity index (χ3n) is 3.01. The van der Waals surface area contributed by atoms with Crippen molar-refractivity contribution in [2.75, 3.05) is 4.72 Å². The minimum absolute atomic E-state index is 0.392. The number of nitrogens with one attached hydrogen (secondary N) is 2. The number of urea groups is 1. The molecule has 1 aliphatic rings. The van der Waals surface area contributed by atoms with E-state index in [-0.39, 0.29) is 0 Å². The lowest BCUT2D eigenvalue weighted by Crippen LogP contribution is -2.48. The largest absolute Gasteiger partial charge is 0.347 e. The lowest BCUT2D eigenvalue weighted by molar-refractivity contribution is -0.118. The van der Waals surface area contributed by atoms with Crippen molar-refractivity contribution in [3.8, 4) is 0 Å². The molecule has 2 rings (SSSR count). The SMILES string of the molecule is Cc1cccc(NS(=O)(=O)C2C=NC(=O)NC2=O)c1C. The average Bonchev–Trinajstić information content (AvgIpc) is 2.34. The van der Waals surface area contributed by atoms with Crippen LogP contribution in [0.3, 0.4) is 0 Å². The average molecular weight is 295 g/mol. The number of carbonyl (C=O) groups is 2. The molecule has 0 saturated heterocycles. The van der Waals surface area contributed by atoms with Crippen LogP contribution in [0.2, 0.25) is 0 Å². The Labute approximate surface area is 116 Å². The molecule has 1 atom stereocenters. The van der Waals surface area contributed by atoms with Gasteiger partial charge in [0, 0.05) is 6.21 Å². The smallest absolute Gasteiger partial charge is 0.282 e. The third-order valence-corrected chi connectivity index (χ3v) is 4.52. The topological polar surface area (TPSA) is 105 Å².